The van der Waals surface area contributed by atoms with Crippen LogP contribution in [-0.2, 0) is 11.2 Å². The first kappa shape index (κ1) is 28.9. The number of aromatic nitrogens is 1. The van der Waals surface area contributed by atoms with E-state index in [4.69, 9.17) is 19.3 Å². The van der Waals surface area contributed by atoms with Crippen LogP contribution in [0, 0.1) is 0 Å². The standard InChI is InChI=1S/C34H31N3O6/c1-41-31-21-28-29(22-32(31)42-18-6-16-35-26-10-5-7-23(19-26)20-33(38)39)36-17-15-30(28)43-27-13-11-25(12-14-27)37-34(40)24-8-3-2-4-9-24/h2-5,7-15,17,19,21-22,35H,6,16,18,20H2,1H3,(H,37,40)(H,38,39). The average Bonchev–Trinajstić information content (AvgIpc) is 3.02. The second kappa shape index (κ2) is 13.9. The van der Waals surface area contributed by atoms with E-state index in [-0.39, 0.29) is 12.3 Å². The number of nitrogens with one attached hydrogen (secondary N) is 2. The van der Waals surface area contributed by atoms with Crippen molar-refractivity contribution in [1.29, 1.82) is 0 Å². The highest BCUT2D eigenvalue weighted by atomic mass is 16.5. The van der Waals surface area contributed by atoms with Crippen molar-refractivity contribution in [3.63, 3.8) is 0 Å². The second-order valence-corrected chi connectivity index (χ2v) is 9.68. The molecule has 0 atom stereocenters. The third-order valence-corrected chi connectivity index (χ3v) is 6.55. The first-order valence-electron chi connectivity index (χ1n) is 13.8. The van der Waals surface area contributed by atoms with Gasteiger partial charge in [-0.25, -0.2) is 0 Å². The van der Waals surface area contributed by atoms with Gasteiger partial charge in [0.2, 0.25) is 0 Å². The highest BCUT2D eigenvalue weighted by Gasteiger charge is 2.13. The number of carboxylic acids is 1. The maximum absolute atomic E-state index is 12.4. The first-order chi connectivity index (χ1) is 21.0. The van der Waals surface area contributed by atoms with Crippen LogP contribution in [0.5, 0.6) is 23.0 Å². The van der Waals surface area contributed by atoms with E-state index in [1.807, 2.05) is 48.5 Å². The van der Waals surface area contributed by atoms with Crippen LogP contribution >= 0.6 is 0 Å². The topological polar surface area (TPSA) is 119 Å². The first-order valence-corrected chi connectivity index (χ1v) is 13.8. The molecule has 1 heterocycles. The van der Waals surface area contributed by atoms with Crippen molar-refractivity contribution in [2.24, 2.45) is 0 Å². The summed E-state index contributed by atoms with van der Waals surface area (Å²) in [5.41, 5.74) is 3.54. The molecule has 0 saturated heterocycles. The lowest BCUT2D eigenvalue weighted by molar-refractivity contribution is -0.136. The maximum Gasteiger partial charge on any atom is 0.307 e. The van der Waals surface area contributed by atoms with E-state index in [2.05, 4.69) is 15.6 Å². The predicted molar refractivity (Wildman–Crippen MR) is 166 cm³/mol. The molecule has 4 aromatic carbocycles. The minimum atomic E-state index is -0.858. The Balaban J connectivity index is 1.19. The zero-order chi connectivity index (χ0) is 30.0. The summed E-state index contributed by atoms with van der Waals surface area (Å²) in [6.07, 6.45) is 2.37. The third-order valence-electron chi connectivity index (χ3n) is 6.55. The van der Waals surface area contributed by atoms with Crippen molar-refractivity contribution in [1.82, 2.24) is 4.98 Å². The molecule has 43 heavy (non-hydrogen) atoms. The minimum absolute atomic E-state index is 0.0116. The van der Waals surface area contributed by atoms with Gasteiger partial charge in [0.25, 0.3) is 5.91 Å². The van der Waals surface area contributed by atoms with Crippen LogP contribution in [0.25, 0.3) is 10.9 Å². The number of carbonyl (C=O) groups excluding carboxylic acids is 1. The molecule has 1 aromatic heterocycles. The Bertz CT molecular complexity index is 1710. The van der Waals surface area contributed by atoms with Gasteiger partial charge < -0.3 is 30.0 Å². The summed E-state index contributed by atoms with van der Waals surface area (Å²) in [4.78, 5) is 27.9. The van der Waals surface area contributed by atoms with E-state index < -0.39 is 5.97 Å². The van der Waals surface area contributed by atoms with Gasteiger partial charge in [-0.3, -0.25) is 14.6 Å². The quantitative estimate of drug-likeness (QED) is 0.131. The summed E-state index contributed by atoms with van der Waals surface area (Å²) in [7, 11) is 1.58. The Morgan fingerprint density at radius 3 is 2.42 bits per heavy atom. The smallest absolute Gasteiger partial charge is 0.307 e. The molecule has 0 bridgehead atoms. The number of carboxylic acid groups (broad SMARTS) is 1. The molecule has 0 fully saturated rings. The molecule has 9 heteroatoms. The summed E-state index contributed by atoms with van der Waals surface area (Å²) in [5, 5.41) is 15.9. The number of benzene rings is 4. The number of hydrogen-bond acceptors (Lipinski definition) is 7. The summed E-state index contributed by atoms with van der Waals surface area (Å²) >= 11 is 0. The predicted octanol–water partition coefficient (Wildman–Crippen LogP) is 6.80. The molecule has 0 aliphatic heterocycles. The molecule has 9 nitrogen and oxygen atoms in total. The van der Waals surface area contributed by atoms with E-state index in [1.54, 1.807) is 61.8 Å². The molecule has 218 valence electrons. The minimum Gasteiger partial charge on any atom is -0.493 e. The van der Waals surface area contributed by atoms with Crippen molar-refractivity contribution in [2.45, 2.75) is 12.8 Å². The van der Waals surface area contributed by atoms with Gasteiger partial charge in [-0.2, -0.15) is 0 Å². The molecular weight excluding hydrogens is 546 g/mol. The van der Waals surface area contributed by atoms with E-state index >= 15 is 0 Å². The van der Waals surface area contributed by atoms with E-state index in [0.717, 1.165) is 16.6 Å². The lowest BCUT2D eigenvalue weighted by Crippen LogP contribution is -2.11. The van der Waals surface area contributed by atoms with E-state index in [0.29, 0.717) is 59.3 Å². The number of ether oxygens (including phenoxy) is 3. The van der Waals surface area contributed by atoms with Crippen LogP contribution < -0.4 is 24.8 Å². The van der Waals surface area contributed by atoms with Crippen LogP contribution in [0.4, 0.5) is 11.4 Å². The van der Waals surface area contributed by atoms with Crippen molar-refractivity contribution in [3.05, 3.63) is 114 Å². The molecular formula is C34H31N3O6. The number of aliphatic carboxylic acids is 1. The molecule has 0 saturated carbocycles. The zero-order valence-corrected chi connectivity index (χ0v) is 23.6. The number of amides is 1. The van der Waals surface area contributed by atoms with Gasteiger partial charge in [-0.05, 0) is 72.6 Å². The van der Waals surface area contributed by atoms with Crippen molar-refractivity contribution >= 4 is 34.2 Å². The molecule has 0 radical (unpaired) electrons. The summed E-state index contributed by atoms with van der Waals surface area (Å²) < 4.78 is 17.8. The molecule has 0 aliphatic rings. The molecule has 0 spiro atoms. The summed E-state index contributed by atoms with van der Waals surface area (Å²) in [6, 6.07) is 29.0. The van der Waals surface area contributed by atoms with Gasteiger partial charge >= 0.3 is 5.97 Å². The summed E-state index contributed by atoms with van der Waals surface area (Å²) in [5.74, 6) is 1.29. The highest BCUT2D eigenvalue weighted by molar-refractivity contribution is 6.04. The summed E-state index contributed by atoms with van der Waals surface area (Å²) in [6.45, 7) is 1.09. The number of pyridine rings is 1. The molecule has 0 aliphatic carbocycles. The Labute approximate surface area is 249 Å². The van der Waals surface area contributed by atoms with E-state index in [1.165, 1.54) is 0 Å². The highest BCUT2D eigenvalue weighted by Crippen LogP contribution is 2.37. The number of rotatable bonds is 13. The number of anilines is 2. The maximum atomic E-state index is 12.4. The molecule has 1 amide bonds. The normalized spacial score (nSPS) is 10.6. The fourth-order valence-corrected chi connectivity index (χ4v) is 4.47. The SMILES string of the molecule is COc1cc2c(Oc3ccc(NC(=O)c4ccccc4)cc3)ccnc2cc1OCCCNc1cccc(CC(=O)O)c1. The molecule has 0 unspecified atom stereocenters. The number of fused-ring (bicyclic) bond motifs is 1. The molecule has 5 aromatic rings. The van der Waals surface area contributed by atoms with Gasteiger partial charge in [0.1, 0.15) is 11.5 Å². The van der Waals surface area contributed by atoms with Gasteiger partial charge in [0.15, 0.2) is 11.5 Å². The van der Waals surface area contributed by atoms with Gasteiger partial charge in [0.05, 0.1) is 25.7 Å². The van der Waals surface area contributed by atoms with Crippen LogP contribution in [0.1, 0.15) is 22.3 Å². The second-order valence-electron chi connectivity index (χ2n) is 9.68. The molecule has 5 rings (SSSR count). The van der Waals surface area contributed by atoms with Crippen molar-refractivity contribution in [2.75, 3.05) is 30.9 Å². The Hall–Kier alpha value is -5.57. The lowest BCUT2D eigenvalue weighted by Gasteiger charge is -2.14. The number of carbonyl (C=O) groups is 2. The van der Waals surface area contributed by atoms with Crippen molar-refractivity contribution in [3.8, 4) is 23.0 Å². The van der Waals surface area contributed by atoms with Crippen LogP contribution in [0.3, 0.4) is 0 Å². The van der Waals surface area contributed by atoms with Crippen LogP contribution in [0.2, 0.25) is 0 Å². The Morgan fingerprint density at radius 1 is 0.837 bits per heavy atom. The fraction of sp³-hybridized carbons (Fsp3) is 0.147. The van der Waals surface area contributed by atoms with Gasteiger partial charge in [-0.15, -0.1) is 0 Å². The van der Waals surface area contributed by atoms with Crippen molar-refractivity contribution < 1.29 is 28.9 Å². The Kier molecular flexibility index (Phi) is 9.33. The number of hydrogen-bond donors (Lipinski definition) is 3. The average molecular weight is 578 g/mol. The lowest BCUT2D eigenvalue weighted by atomic mass is 10.1. The number of nitrogens with zero attached hydrogens (tertiary/aromatic N) is 1. The van der Waals surface area contributed by atoms with Crippen LogP contribution in [-0.4, -0.2) is 42.2 Å². The van der Waals surface area contributed by atoms with Gasteiger partial charge in [-0.1, -0.05) is 30.3 Å². The largest absolute Gasteiger partial charge is 0.493 e. The zero-order valence-electron chi connectivity index (χ0n) is 23.6. The Morgan fingerprint density at radius 2 is 1.65 bits per heavy atom. The number of methoxy groups -OCH3 is 1. The fourth-order valence-electron chi connectivity index (χ4n) is 4.47. The monoisotopic (exact) mass is 577 g/mol. The van der Waals surface area contributed by atoms with E-state index in [9.17, 15) is 9.59 Å². The molecule has 3 N–H and O–H groups in total. The van der Waals surface area contributed by atoms with Gasteiger partial charge in [0, 0.05) is 41.1 Å². The van der Waals surface area contributed by atoms with Crippen LogP contribution in [0.15, 0.2) is 103 Å². The third kappa shape index (κ3) is 7.80.